The van der Waals surface area contributed by atoms with Gasteiger partial charge in [0, 0.05) is 0 Å². The van der Waals surface area contributed by atoms with Gasteiger partial charge in [0.25, 0.3) is 0 Å². The number of hydrogen-bond donors (Lipinski definition) is 0. The van der Waals surface area contributed by atoms with Gasteiger partial charge in [0.2, 0.25) is 0 Å². The summed E-state index contributed by atoms with van der Waals surface area (Å²) in [6.45, 7) is 6.54. The van der Waals surface area contributed by atoms with E-state index in [0.29, 0.717) is 0 Å². The Hall–Kier alpha value is 0.0382. The first-order valence-corrected chi connectivity index (χ1v) is 5.09. The molecular formula is C9H13Sb. The standard InChI is InChI=1S/C9H11.Sb.2H/c1-7-4-8(2)6-9(3)5-7;;;/h4-5H,1-3H3;;;. The van der Waals surface area contributed by atoms with E-state index in [1.54, 1.807) is 3.51 Å². The van der Waals surface area contributed by atoms with Crippen molar-refractivity contribution in [2.24, 2.45) is 0 Å². The minimum absolute atomic E-state index is 1.24. The third-order valence-electron chi connectivity index (χ3n) is 1.74. The van der Waals surface area contributed by atoms with E-state index in [2.05, 4.69) is 32.9 Å². The van der Waals surface area contributed by atoms with Crippen LogP contribution in [0.1, 0.15) is 16.7 Å². The van der Waals surface area contributed by atoms with Crippen molar-refractivity contribution in [3.63, 3.8) is 0 Å². The molecule has 0 amide bonds. The van der Waals surface area contributed by atoms with Gasteiger partial charge in [0.15, 0.2) is 0 Å². The zero-order valence-corrected chi connectivity index (χ0v) is 10.0. The molecule has 1 aromatic rings. The Labute approximate surface area is 76.1 Å². The first-order valence-electron chi connectivity index (χ1n) is 3.44. The maximum atomic E-state index is 2.26. The molecule has 54 valence electrons. The van der Waals surface area contributed by atoms with Gasteiger partial charge in [0.05, 0.1) is 0 Å². The van der Waals surface area contributed by atoms with Crippen molar-refractivity contribution in [1.82, 2.24) is 0 Å². The van der Waals surface area contributed by atoms with E-state index < -0.39 is 0 Å². The maximum absolute atomic E-state index is 2.26. The van der Waals surface area contributed by atoms with E-state index in [-0.39, 0.29) is 0 Å². The van der Waals surface area contributed by atoms with Crippen molar-refractivity contribution in [3.8, 4) is 0 Å². The fraction of sp³-hybridized carbons (Fsp3) is 0.333. The average molecular weight is 243 g/mol. The third-order valence-corrected chi connectivity index (χ3v) is 4.34. The van der Waals surface area contributed by atoms with Gasteiger partial charge < -0.3 is 0 Å². The molecule has 1 aromatic carbocycles. The van der Waals surface area contributed by atoms with Crippen LogP contribution in [0.4, 0.5) is 0 Å². The summed E-state index contributed by atoms with van der Waals surface area (Å²) >= 11 is 1.24. The third kappa shape index (κ3) is 1.55. The van der Waals surface area contributed by atoms with Crippen molar-refractivity contribution in [3.05, 3.63) is 28.8 Å². The van der Waals surface area contributed by atoms with Gasteiger partial charge in [-0.3, -0.25) is 0 Å². The summed E-state index contributed by atoms with van der Waals surface area (Å²) in [4.78, 5) is 0. The summed E-state index contributed by atoms with van der Waals surface area (Å²) in [7, 11) is 0. The van der Waals surface area contributed by atoms with E-state index >= 15 is 0 Å². The Morgan fingerprint density at radius 2 is 1.40 bits per heavy atom. The number of rotatable bonds is 0. The van der Waals surface area contributed by atoms with Crippen LogP contribution in [0.3, 0.4) is 0 Å². The number of benzene rings is 1. The molecule has 0 unspecified atom stereocenters. The quantitative estimate of drug-likeness (QED) is 0.593. The molecule has 0 radical (unpaired) electrons. The topological polar surface area (TPSA) is 0 Å². The Kier molecular flexibility index (Phi) is 2.41. The van der Waals surface area contributed by atoms with E-state index in [9.17, 15) is 0 Å². The van der Waals surface area contributed by atoms with Crippen LogP contribution in [-0.4, -0.2) is 23.0 Å². The molecule has 0 spiro atoms. The van der Waals surface area contributed by atoms with Crippen LogP contribution in [0.5, 0.6) is 0 Å². The molecule has 0 bridgehead atoms. The molecule has 0 aromatic heterocycles. The van der Waals surface area contributed by atoms with Crippen LogP contribution in [0.15, 0.2) is 12.1 Å². The second-order valence-corrected chi connectivity index (χ2v) is 4.46. The van der Waals surface area contributed by atoms with Crippen molar-refractivity contribution in [2.75, 3.05) is 0 Å². The van der Waals surface area contributed by atoms with Gasteiger partial charge in [-0.1, -0.05) is 0 Å². The van der Waals surface area contributed by atoms with E-state index in [0.717, 1.165) is 0 Å². The van der Waals surface area contributed by atoms with Crippen LogP contribution in [-0.2, 0) is 0 Å². The molecule has 0 heterocycles. The van der Waals surface area contributed by atoms with E-state index in [1.807, 2.05) is 0 Å². The fourth-order valence-corrected chi connectivity index (χ4v) is 1.67. The van der Waals surface area contributed by atoms with Crippen LogP contribution >= 0.6 is 0 Å². The molecule has 0 aliphatic heterocycles. The molecule has 0 nitrogen and oxygen atoms in total. The molecule has 10 heavy (non-hydrogen) atoms. The molecule has 0 saturated heterocycles. The molecule has 1 rings (SSSR count). The van der Waals surface area contributed by atoms with Gasteiger partial charge in [-0.15, -0.1) is 0 Å². The van der Waals surface area contributed by atoms with Crippen molar-refractivity contribution in [2.45, 2.75) is 20.8 Å². The summed E-state index contributed by atoms with van der Waals surface area (Å²) in [5.41, 5.74) is 4.30. The molecule has 0 aliphatic rings. The second-order valence-electron chi connectivity index (χ2n) is 2.81. The van der Waals surface area contributed by atoms with Crippen molar-refractivity contribution >= 4 is 26.5 Å². The van der Waals surface area contributed by atoms with Gasteiger partial charge >= 0.3 is 76.1 Å². The zero-order chi connectivity index (χ0) is 7.72. The predicted molar refractivity (Wildman–Crippen MR) is 48.8 cm³/mol. The Morgan fingerprint density at radius 3 is 1.80 bits per heavy atom. The predicted octanol–water partition coefficient (Wildman–Crippen LogP) is 0.870. The molecule has 0 atom stereocenters. The van der Waals surface area contributed by atoms with Crippen LogP contribution in [0.25, 0.3) is 0 Å². The molecule has 0 N–H and O–H groups in total. The zero-order valence-electron chi connectivity index (χ0n) is 6.73. The first-order chi connectivity index (χ1) is 4.61. The van der Waals surface area contributed by atoms with Gasteiger partial charge in [0.1, 0.15) is 0 Å². The van der Waals surface area contributed by atoms with Crippen LogP contribution in [0, 0.1) is 20.8 Å². The molecular weight excluding hydrogens is 230 g/mol. The summed E-state index contributed by atoms with van der Waals surface area (Å²) in [6, 6.07) is 4.51. The Bertz CT molecular complexity index is 228. The van der Waals surface area contributed by atoms with E-state index in [1.165, 1.54) is 39.7 Å². The van der Waals surface area contributed by atoms with Gasteiger partial charge in [-0.25, -0.2) is 0 Å². The fourth-order valence-electron chi connectivity index (χ4n) is 1.19. The Balaban J connectivity index is 3.31. The average Bonchev–Trinajstić information content (AvgIpc) is 1.82. The van der Waals surface area contributed by atoms with Crippen LogP contribution < -0.4 is 3.51 Å². The van der Waals surface area contributed by atoms with Crippen LogP contribution in [0.2, 0.25) is 0 Å². The first kappa shape index (κ1) is 8.14. The van der Waals surface area contributed by atoms with Crippen molar-refractivity contribution < 1.29 is 0 Å². The van der Waals surface area contributed by atoms with E-state index in [4.69, 9.17) is 0 Å². The molecule has 0 saturated carbocycles. The SMILES string of the molecule is Cc1cc(C)[c]([SbH2])c(C)c1. The van der Waals surface area contributed by atoms with Gasteiger partial charge in [-0.2, -0.15) is 0 Å². The molecule has 0 aliphatic carbocycles. The molecule has 1 heteroatoms. The molecule has 0 fully saturated rings. The monoisotopic (exact) mass is 242 g/mol. The Morgan fingerprint density at radius 1 is 1.00 bits per heavy atom. The minimum atomic E-state index is 1.24. The van der Waals surface area contributed by atoms with Gasteiger partial charge in [-0.05, 0) is 0 Å². The number of aryl methyl sites for hydroxylation is 3. The number of hydrogen-bond acceptors (Lipinski definition) is 0. The summed E-state index contributed by atoms with van der Waals surface area (Å²) in [5, 5.41) is 0. The second kappa shape index (κ2) is 2.96. The summed E-state index contributed by atoms with van der Waals surface area (Å²) in [5.74, 6) is 0. The normalized spacial score (nSPS) is 10.0. The summed E-state index contributed by atoms with van der Waals surface area (Å²) in [6.07, 6.45) is 0. The summed E-state index contributed by atoms with van der Waals surface area (Å²) < 4.78 is 1.55. The van der Waals surface area contributed by atoms with Crippen molar-refractivity contribution in [1.29, 1.82) is 0 Å².